The minimum absolute atomic E-state index is 0.0217. The van der Waals surface area contributed by atoms with E-state index < -0.39 is 45.8 Å². The second kappa shape index (κ2) is 12.0. The van der Waals surface area contributed by atoms with Gasteiger partial charge in [-0.05, 0) is 58.7 Å². The molecule has 2 aliphatic carbocycles. The van der Waals surface area contributed by atoms with Gasteiger partial charge < -0.3 is 0 Å². The first kappa shape index (κ1) is 33.5. The van der Waals surface area contributed by atoms with Crippen LogP contribution in [0, 0.1) is 90.6 Å². The van der Waals surface area contributed by atoms with Gasteiger partial charge in [-0.15, -0.1) is 0 Å². The number of alkyl halides is 6. The zero-order valence-electron chi connectivity index (χ0n) is 24.5. The molecule has 2 aliphatic rings. The highest BCUT2D eigenvalue weighted by Gasteiger charge is 2.39. The first-order chi connectivity index (χ1) is 23.7. The summed E-state index contributed by atoms with van der Waals surface area (Å²) in [7, 11) is 0. The Hall–Kier alpha value is -7.88. The number of rotatable bonds is 2. The lowest BCUT2D eigenvalue weighted by Gasteiger charge is -2.14. The van der Waals surface area contributed by atoms with Crippen LogP contribution in [0.15, 0.2) is 59.7 Å². The van der Waals surface area contributed by atoms with Gasteiger partial charge in [0.05, 0.1) is 45.5 Å². The highest BCUT2D eigenvalue weighted by atomic mass is 19.4. The molecule has 0 radical (unpaired) electrons. The Kier molecular flexibility index (Phi) is 8.07. The molecule has 0 bridgehead atoms. The summed E-state index contributed by atoms with van der Waals surface area (Å²) in [5.41, 5.74) is -7.23. The van der Waals surface area contributed by atoms with E-state index in [1.807, 2.05) is 12.1 Å². The summed E-state index contributed by atoms with van der Waals surface area (Å²) >= 11 is 0. The summed E-state index contributed by atoms with van der Waals surface area (Å²) in [6.07, 6.45) is -9.83. The summed E-state index contributed by atoms with van der Waals surface area (Å²) in [4.78, 5) is 0. The van der Waals surface area contributed by atoms with Gasteiger partial charge in [0.25, 0.3) is 0 Å². The summed E-state index contributed by atoms with van der Waals surface area (Å²) < 4.78 is 81.6. The monoisotopic (exact) mass is 666 g/mol. The maximum absolute atomic E-state index is 13.6. The van der Waals surface area contributed by atoms with Gasteiger partial charge in [0.1, 0.15) is 47.6 Å². The molecule has 14 heteroatoms. The van der Waals surface area contributed by atoms with E-state index in [1.165, 1.54) is 24.3 Å². The van der Waals surface area contributed by atoms with E-state index >= 15 is 0 Å². The van der Waals surface area contributed by atoms with Crippen molar-refractivity contribution < 1.29 is 26.3 Å². The largest absolute Gasteiger partial charge is 0.417 e. The minimum Gasteiger partial charge on any atom is -0.192 e. The number of nitrogens with zero attached hydrogens (tertiary/aromatic N) is 8. The van der Waals surface area contributed by atoms with Gasteiger partial charge in [0.15, 0.2) is 0 Å². The Morgan fingerprint density at radius 1 is 0.440 bits per heavy atom. The highest BCUT2D eigenvalue weighted by Crippen LogP contribution is 2.55. The lowest BCUT2D eigenvalue weighted by molar-refractivity contribution is -0.138. The normalized spacial score (nSPS) is 13.0. The van der Waals surface area contributed by atoms with Crippen molar-refractivity contribution in [2.75, 3.05) is 0 Å². The fraction of sp³-hybridized carbons (Fsp3) is 0.0556. The van der Waals surface area contributed by atoms with E-state index in [4.69, 9.17) is 0 Å². The lowest BCUT2D eigenvalue weighted by Crippen LogP contribution is -2.08. The average molecular weight is 667 g/mol. The zero-order chi connectivity index (χ0) is 36.7. The van der Waals surface area contributed by atoms with Crippen LogP contribution < -0.4 is 0 Å². The van der Waals surface area contributed by atoms with Crippen LogP contribution in [0.3, 0.4) is 0 Å². The van der Waals surface area contributed by atoms with Crippen LogP contribution in [-0.4, -0.2) is 0 Å². The Morgan fingerprint density at radius 3 is 1.06 bits per heavy atom. The molecule has 5 rings (SSSR count). The fourth-order valence-corrected chi connectivity index (χ4v) is 5.90. The molecule has 0 unspecified atom stereocenters. The number of nitriles is 8. The second-order valence-electron chi connectivity index (χ2n) is 10.4. The van der Waals surface area contributed by atoms with E-state index in [1.54, 1.807) is 24.3 Å². The minimum atomic E-state index is -4.92. The molecule has 0 N–H and O–H groups in total. The standard InChI is InChI=1S/C36H8F6N8/c37-35(38,39)29-3-1-17(5-19(29)9-43)31-27(15-49)23-7-24-26(8-25(23)33(31)21(11-45)12-46)34(22(13-47)14-48)32(28(24)16-50)18-2-4-30(36(40,41)42)20(6-18)10-44/h1-8H. The van der Waals surface area contributed by atoms with Crippen molar-refractivity contribution in [3.8, 4) is 48.6 Å². The van der Waals surface area contributed by atoms with E-state index in [2.05, 4.69) is 0 Å². The van der Waals surface area contributed by atoms with Crippen molar-refractivity contribution in [1.82, 2.24) is 0 Å². The van der Waals surface area contributed by atoms with E-state index in [-0.39, 0.29) is 66.8 Å². The molecule has 3 aromatic carbocycles. The van der Waals surface area contributed by atoms with Crippen LogP contribution in [0.4, 0.5) is 26.3 Å². The predicted molar refractivity (Wildman–Crippen MR) is 160 cm³/mol. The molecule has 234 valence electrons. The van der Waals surface area contributed by atoms with E-state index in [0.29, 0.717) is 12.1 Å². The molecule has 0 fully saturated rings. The second-order valence-corrected chi connectivity index (χ2v) is 10.4. The van der Waals surface area contributed by atoms with Crippen LogP contribution in [0.2, 0.25) is 0 Å². The molecule has 0 aromatic heterocycles. The molecule has 3 aromatic rings. The van der Waals surface area contributed by atoms with Crippen molar-refractivity contribution in [3.63, 3.8) is 0 Å². The Morgan fingerprint density at radius 2 is 0.780 bits per heavy atom. The maximum atomic E-state index is 13.6. The lowest BCUT2D eigenvalue weighted by atomic mass is 9.88. The molecule has 0 amide bonds. The quantitative estimate of drug-likeness (QED) is 0.194. The van der Waals surface area contributed by atoms with Crippen LogP contribution in [0.5, 0.6) is 0 Å². The van der Waals surface area contributed by atoms with Gasteiger partial charge in [-0.3, -0.25) is 0 Å². The zero-order valence-corrected chi connectivity index (χ0v) is 24.5. The summed E-state index contributed by atoms with van der Waals surface area (Å²) in [5, 5.41) is 79.3. The summed E-state index contributed by atoms with van der Waals surface area (Å²) in [5.74, 6) is 0. The van der Waals surface area contributed by atoms with Crippen LogP contribution in [0.1, 0.15) is 55.6 Å². The third-order valence-electron chi connectivity index (χ3n) is 7.87. The summed E-state index contributed by atoms with van der Waals surface area (Å²) in [6, 6.07) is 20.7. The van der Waals surface area contributed by atoms with Gasteiger partial charge in [0.2, 0.25) is 0 Å². The fourth-order valence-electron chi connectivity index (χ4n) is 5.90. The molecule has 50 heavy (non-hydrogen) atoms. The molecule has 0 saturated heterocycles. The SMILES string of the molecule is N#CC(C#N)=C1C(c2ccc(C(F)(F)F)c(C#N)c2)=C(C#N)c2cc3c(cc21)C(=C(C#N)C#N)C(c1ccc(C(F)(F)F)c(C#N)c1)=C3C#N. The number of allylic oxidation sites excluding steroid dienone is 8. The molecule has 0 spiro atoms. The van der Waals surface area contributed by atoms with Crippen LogP contribution in [-0.2, 0) is 12.4 Å². The van der Waals surface area contributed by atoms with E-state index in [0.717, 1.165) is 24.3 Å². The summed E-state index contributed by atoms with van der Waals surface area (Å²) in [6.45, 7) is 0. The van der Waals surface area contributed by atoms with Crippen molar-refractivity contribution in [2.45, 2.75) is 12.4 Å². The third-order valence-corrected chi connectivity index (χ3v) is 7.87. The Labute approximate surface area is 277 Å². The van der Waals surface area contributed by atoms with Crippen molar-refractivity contribution in [3.05, 3.63) is 115 Å². The number of halogens is 6. The smallest absolute Gasteiger partial charge is 0.192 e. The number of benzene rings is 3. The number of hydrogen-bond acceptors (Lipinski definition) is 8. The molecule has 0 atom stereocenters. The predicted octanol–water partition coefficient (Wildman–Crippen LogP) is 7.97. The molecule has 0 aliphatic heterocycles. The maximum Gasteiger partial charge on any atom is 0.417 e. The Balaban J connectivity index is 1.91. The van der Waals surface area contributed by atoms with Crippen molar-refractivity contribution in [1.29, 1.82) is 42.1 Å². The van der Waals surface area contributed by atoms with Crippen molar-refractivity contribution >= 4 is 33.4 Å². The van der Waals surface area contributed by atoms with Gasteiger partial charge in [-0.1, -0.05) is 12.1 Å². The molecule has 0 heterocycles. The highest BCUT2D eigenvalue weighted by molar-refractivity contribution is 6.29. The average Bonchev–Trinajstić information content (AvgIpc) is 3.58. The number of fused-ring (bicyclic) bond motifs is 2. The molecular formula is C36H8F6N8. The van der Waals surface area contributed by atoms with Crippen LogP contribution >= 0.6 is 0 Å². The van der Waals surface area contributed by atoms with Crippen molar-refractivity contribution in [2.24, 2.45) is 0 Å². The topological polar surface area (TPSA) is 190 Å². The first-order valence-electron chi connectivity index (χ1n) is 13.6. The first-order valence-corrected chi connectivity index (χ1v) is 13.6. The molecule has 0 saturated carbocycles. The third kappa shape index (κ3) is 5.06. The Bertz CT molecular complexity index is 2380. The number of hydrogen-bond donors (Lipinski definition) is 0. The van der Waals surface area contributed by atoms with Crippen LogP contribution in [0.25, 0.3) is 33.4 Å². The molecule has 8 nitrogen and oxygen atoms in total. The van der Waals surface area contributed by atoms with Gasteiger partial charge >= 0.3 is 12.4 Å². The van der Waals surface area contributed by atoms with E-state index in [9.17, 15) is 68.4 Å². The molecular weight excluding hydrogens is 658 g/mol. The van der Waals surface area contributed by atoms with Gasteiger partial charge in [0, 0.05) is 33.4 Å². The van der Waals surface area contributed by atoms with Gasteiger partial charge in [-0.25, -0.2) is 0 Å². The van der Waals surface area contributed by atoms with Gasteiger partial charge in [-0.2, -0.15) is 68.4 Å².